The Bertz CT molecular complexity index is 497. The van der Waals surface area contributed by atoms with E-state index in [0.29, 0.717) is 11.7 Å². The summed E-state index contributed by atoms with van der Waals surface area (Å²) in [5, 5.41) is 13.7. The summed E-state index contributed by atoms with van der Waals surface area (Å²) >= 11 is 1.88. The number of benzene rings is 1. The first kappa shape index (κ1) is 11.6. The van der Waals surface area contributed by atoms with E-state index < -0.39 is 0 Å². The van der Waals surface area contributed by atoms with Crippen LogP contribution in [0, 0.1) is 17.2 Å². The number of anilines is 1. The standard InChI is InChI=1S/C14H15N3S/c15-8-7-10-1-5-12(6-2-10)17-14-16-9-13(18-14)11-3-4-11/h1-2,5-6,11,13H,3-4,7,9H2,(H,16,17). The molecule has 1 atom stereocenters. The maximum atomic E-state index is 8.62. The van der Waals surface area contributed by atoms with Gasteiger partial charge in [0.2, 0.25) is 0 Å². The van der Waals surface area contributed by atoms with Gasteiger partial charge in [-0.25, -0.2) is 0 Å². The molecular formula is C14H15N3S. The fraction of sp³-hybridized carbons (Fsp3) is 0.429. The van der Waals surface area contributed by atoms with Gasteiger partial charge in [0.1, 0.15) is 0 Å². The minimum Gasteiger partial charge on any atom is -0.335 e. The fourth-order valence-corrected chi connectivity index (χ4v) is 3.32. The van der Waals surface area contributed by atoms with E-state index in [9.17, 15) is 0 Å². The topological polar surface area (TPSA) is 48.2 Å². The Kier molecular flexibility index (Phi) is 3.24. The van der Waals surface area contributed by atoms with Crippen molar-refractivity contribution in [1.29, 1.82) is 5.26 Å². The SMILES string of the molecule is N#CCc1ccc(NC2=NCC(C3CC3)S2)cc1. The summed E-state index contributed by atoms with van der Waals surface area (Å²) in [6.45, 7) is 0.962. The third kappa shape index (κ3) is 2.68. The molecule has 18 heavy (non-hydrogen) atoms. The molecule has 4 heteroatoms. The van der Waals surface area contributed by atoms with Crippen molar-refractivity contribution < 1.29 is 0 Å². The third-order valence-corrected chi connectivity index (χ3v) is 4.61. The summed E-state index contributed by atoms with van der Waals surface area (Å²) in [7, 11) is 0. The summed E-state index contributed by atoms with van der Waals surface area (Å²) in [5.41, 5.74) is 2.11. The molecule has 1 aromatic rings. The predicted molar refractivity (Wildman–Crippen MR) is 75.8 cm³/mol. The van der Waals surface area contributed by atoms with Gasteiger partial charge in [0.15, 0.2) is 5.17 Å². The highest BCUT2D eigenvalue weighted by molar-refractivity contribution is 8.15. The average Bonchev–Trinajstić information content (AvgIpc) is 3.13. The Morgan fingerprint density at radius 1 is 1.33 bits per heavy atom. The molecule has 3 rings (SSSR count). The van der Waals surface area contributed by atoms with E-state index in [0.717, 1.165) is 28.9 Å². The normalized spacial score (nSPS) is 22.4. The molecule has 1 aromatic carbocycles. The molecule has 0 amide bonds. The molecule has 1 unspecified atom stereocenters. The Balaban J connectivity index is 1.58. The molecule has 0 aromatic heterocycles. The number of amidine groups is 1. The second-order valence-corrected chi connectivity index (χ2v) is 6.02. The maximum absolute atomic E-state index is 8.62. The van der Waals surface area contributed by atoms with Gasteiger partial charge in [-0.15, -0.1) is 0 Å². The molecule has 3 nitrogen and oxygen atoms in total. The van der Waals surface area contributed by atoms with Gasteiger partial charge in [0, 0.05) is 10.9 Å². The molecule has 1 saturated carbocycles. The lowest BCUT2D eigenvalue weighted by molar-refractivity contribution is 0.773. The van der Waals surface area contributed by atoms with Gasteiger partial charge in [-0.1, -0.05) is 23.9 Å². The lowest BCUT2D eigenvalue weighted by atomic mass is 10.1. The molecule has 1 aliphatic heterocycles. The highest BCUT2D eigenvalue weighted by Crippen LogP contribution is 2.41. The van der Waals surface area contributed by atoms with Crippen molar-refractivity contribution >= 4 is 22.6 Å². The Labute approximate surface area is 111 Å². The van der Waals surface area contributed by atoms with Crippen LogP contribution in [0.3, 0.4) is 0 Å². The van der Waals surface area contributed by atoms with Gasteiger partial charge in [0.25, 0.3) is 0 Å². The molecule has 1 fully saturated rings. The van der Waals surface area contributed by atoms with E-state index in [1.807, 2.05) is 36.0 Å². The third-order valence-electron chi connectivity index (χ3n) is 3.31. The smallest absolute Gasteiger partial charge is 0.161 e. The second kappa shape index (κ2) is 5.03. The fourth-order valence-electron chi connectivity index (χ4n) is 2.09. The van der Waals surface area contributed by atoms with Crippen molar-refractivity contribution in [1.82, 2.24) is 0 Å². The molecule has 0 saturated heterocycles. The summed E-state index contributed by atoms with van der Waals surface area (Å²) in [4.78, 5) is 4.55. The zero-order valence-corrected chi connectivity index (χ0v) is 10.9. The first-order chi connectivity index (χ1) is 8.85. The monoisotopic (exact) mass is 257 g/mol. The zero-order chi connectivity index (χ0) is 12.4. The largest absolute Gasteiger partial charge is 0.335 e. The molecule has 0 spiro atoms. The highest BCUT2D eigenvalue weighted by Gasteiger charge is 2.35. The second-order valence-electron chi connectivity index (χ2n) is 4.80. The summed E-state index contributed by atoms with van der Waals surface area (Å²) in [6, 6.07) is 10.2. The summed E-state index contributed by atoms with van der Waals surface area (Å²) in [5.74, 6) is 0.899. The van der Waals surface area contributed by atoms with Crippen LogP contribution >= 0.6 is 11.8 Å². The number of nitriles is 1. The van der Waals surface area contributed by atoms with Crippen LogP contribution in [0.25, 0.3) is 0 Å². The van der Waals surface area contributed by atoms with Crippen molar-refractivity contribution in [3.8, 4) is 6.07 Å². The molecule has 2 aliphatic rings. The first-order valence-corrected chi connectivity index (χ1v) is 7.17. The van der Waals surface area contributed by atoms with Crippen LogP contribution in [-0.4, -0.2) is 17.0 Å². The van der Waals surface area contributed by atoms with Crippen LogP contribution in [0.15, 0.2) is 29.3 Å². The average molecular weight is 257 g/mol. The van der Waals surface area contributed by atoms with Crippen LogP contribution in [0.4, 0.5) is 5.69 Å². The van der Waals surface area contributed by atoms with Gasteiger partial charge in [-0.05, 0) is 36.5 Å². The maximum Gasteiger partial charge on any atom is 0.161 e. The van der Waals surface area contributed by atoms with Crippen LogP contribution in [-0.2, 0) is 6.42 Å². The van der Waals surface area contributed by atoms with Crippen molar-refractivity contribution in [3.63, 3.8) is 0 Å². The Hall–Kier alpha value is -1.47. The van der Waals surface area contributed by atoms with E-state index in [1.54, 1.807) is 0 Å². The van der Waals surface area contributed by atoms with Gasteiger partial charge in [-0.3, -0.25) is 4.99 Å². The number of hydrogen-bond acceptors (Lipinski definition) is 4. The zero-order valence-electron chi connectivity index (χ0n) is 10.1. The number of aliphatic imine (C=N–C) groups is 1. The van der Waals surface area contributed by atoms with Crippen molar-refractivity contribution in [2.24, 2.45) is 10.9 Å². The summed E-state index contributed by atoms with van der Waals surface area (Å²) < 4.78 is 0. The quantitative estimate of drug-likeness (QED) is 0.905. The molecule has 1 aliphatic carbocycles. The van der Waals surface area contributed by atoms with E-state index in [2.05, 4.69) is 16.4 Å². The minimum atomic E-state index is 0.472. The van der Waals surface area contributed by atoms with Crippen molar-refractivity contribution in [2.45, 2.75) is 24.5 Å². The van der Waals surface area contributed by atoms with Crippen LogP contribution < -0.4 is 5.32 Å². The highest BCUT2D eigenvalue weighted by atomic mass is 32.2. The van der Waals surface area contributed by atoms with E-state index in [4.69, 9.17) is 5.26 Å². The van der Waals surface area contributed by atoms with E-state index >= 15 is 0 Å². The number of nitrogens with one attached hydrogen (secondary N) is 1. The lowest BCUT2D eigenvalue weighted by Gasteiger charge is -2.08. The van der Waals surface area contributed by atoms with Gasteiger partial charge in [-0.2, -0.15) is 5.26 Å². The van der Waals surface area contributed by atoms with Crippen molar-refractivity contribution in [3.05, 3.63) is 29.8 Å². The molecule has 1 heterocycles. The lowest BCUT2D eigenvalue weighted by Crippen LogP contribution is -2.08. The van der Waals surface area contributed by atoms with E-state index in [-0.39, 0.29) is 0 Å². The number of thioether (sulfide) groups is 1. The first-order valence-electron chi connectivity index (χ1n) is 6.29. The summed E-state index contributed by atoms with van der Waals surface area (Å²) in [6.07, 6.45) is 3.23. The molecular weight excluding hydrogens is 242 g/mol. The number of rotatable bonds is 3. The van der Waals surface area contributed by atoms with Crippen LogP contribution in [0.5, 0.6) is 0 Å². The van der Waals surface area contributed by atoms with Gasteiger partial charge >= 0.3 is 0 Å². The van der Waals surface area contributed by atoms with Crippen LogP contribution in [0.2, 0.25) is 0 Å². The Morgan fingerprint density at radius 2 is 2.11 bits per heavy atom. The van der Waals surface area contributed by atoms with Crippen molar-refractivity contribution in [2.75, 3.05) is 11.9 Å². The molecule has 92 valence electrons. The molecule has 1 N–H and O–H groups in total. The number of nitrogens with zero attached hydrogens (tertiary/aromatic N) is 2. The van der Waals surface area contributed by atoms with Gasteiger partial charge in [0.05, 0.1) is 19.0 Å². The number of hydrogen-bond donors (Lipinski definition) is 1. The van der Waals surface area contributed by atoms with Crippen LogP contribution in [0.1, 0.15) is 18.4 Å². The van der Waals surface area contributed by atoms with Gasteiger partial charge < -0.3 is 5.32 Å². The van der Waals surface area contributed by atoms with E-state index in [1.165, 1.54) is 12.8 Å². The minimum absolute atomic E-state index is 0.472. The predicted octanol–water partition coefficient (Wildman–Crippen LogP) is 3.05. The molecule has 0 bridgehead atoms. The molecule has 0 radical (unpaired) electrons. The Morgan fingerprint density at radius 3 is 2.78 bits per heavy atom.